The van der Waals surface area contributed by atoms with Crippen LogP contribution < -0.4 is 0 Å². The Labute approximate surface area is 101 Å². The number of rotatable bonds is 3. The molecule has 0 spiro atoms. The Balaban J connectivity index is 1.97. The molecule has 2 rings (SSSR count). The van der Waals surface area contributed by atoms with Gasteiger partial charge in [0.1, 0.15) is 13.2 Å². The fourth-order valence-electron chi connectivity index (χ4n) is 2.72. The van der Waals surface area contributed by atoms with Crippen LogP contribution in [0.2, 0.25) is 0 Å². The third kappa shape index (κ3) is 2.84. The van der Waals surface area contributed by atoms with Crippen LogP contribution in [0, 0.1) is 11.8 Å². The van der Waals surface area contributed by atoms with Crippen LogP contribution in [0.5, 0.6) is 0 Å². The second kappa shape index (κ2) is 5.60. The lowest BCUT2D eigenvalue weighted by molar-refractivity contribution is -0.159. The third-order valence-electron chi connectivity index (χ3n) is 3.77. The molecule has 5 heteroatoms. The molecule has 0 radical (unpaired) electrons. The molecule has 1 aliphatic carbocycles. The first-order valence-electron chi connectivity index (χ1n) is 6.24. The zero-order chi connectivity index (χ0) is 12.3. The van der Waals surface area contributed by atoms with Crippen molar-refractivity contribution in [2.45, 2.75) is 25.7 Å². The molecule has 1 aliphatic heterocycles. The molecule has 0 aromatic carbocycles. The Morgan fingerprint density at radius 3 is 2.29 bits per heavy atom. The molecule has 5 nitrogen and oxygen atoms in total. The highest BCUT2D eigenvalue weighted by molar-refractivity contribution is 5.98. The monoisotopic (exact) mass is 241 g/mol. The standard InChI is InChI=1S/C12H19NO4/c14-6-10-4-2-1-3-9(10)5-13-11(15)7-17-8-12(13)16/h9-10,14H,1-8H2. The molecule has 2 aliphatic rings. The van der Waals surface area contributed by atoms with E-state index in [1.807, 2.05) is 0 Å². The van der Waals surface area contributed by atoms with Crippen LogP contribution in [0.4, 0.5) is 0 Å². The van der Waals surface area contributed by atoms with Crippen LogP contribution in [-0.4, -0.2) is 48.2 Å². The molecule has 17 heavy (non-hydrogen) atoms. The number of ether oxygens (including phenoxy) is 1. The van der Waals surface area contributed by atoms with E-state index in [2.05, 4.69) is 0 Å². The summed E-state index contributed by atoms with van der Waals surface area (Å²) in [6.45, 7) is 0.605. The maximum Gasteiger partial charge on any atom is 0.255 e. The first-order valence-corrected chi connectivity index (χ1v) is 6.24. The van der Waals surface area contributed by atoms with Gasteiger partial charge in [0, 0.05) is 13.2 Å². The summed E-state index contributed by atoms with van der Waals surface area (Å²) in [5.74, 6) is -0.0148. The number of carbonyl (C=O) groups excluding carboxylic acids is 2. The molecule has 0 bridgehead atoms. The fraction of sp³-hybridized carbons (Fsp3) is 0.833. The number of amides is 2. The highest BCUT2D eigenvalue weighted by Gasteiger charge is 2.32. The maximum atomic E-state index is 11.6. The highest BCUT2D eigenvalue weighted by atomic mass is 16.5. The van der Waals surface area contributed by atoms with Gasteiger partial charge in [0.25, 0.3) is 11.8 Å². The molecule has 1 saturated heterocycles. The Hall–Kier alpha value is -0.940. The van der Waals surface area contributed by atoms with E-state index in [4.69, 9.17) is 4.74 Å². The van der Waals surface area contributed by atoms with E-state index in [9.17, 15) is 14.7 Å². The van der Waals surface area contributed by atoms with Crippen LogP contribution in [-0.2, 0) is 14.3 Å². The van der Waals surface area contributed by atoms with Crippen molar-refractivity contribution in [3.05, 3.63) is 0 Å². The molecule has 96 valence electrons. The zero-order valence-electron chi connectivity index (χ0n) is 9.93. The molecular formula is C12H19NO4. The van der Waals surface area contributed by atoms with Gasteiger partial charge < -0.3 is 9.84 Å². The maximum absolute atomic E-state index is 11.6. The minimum atomic E-state index is -0.247. The van der Waals surface area contributed by atoms with Gasteiger partial charge in [0.15, 0.2) is 0 Å². The molecule has 1 N–H and O–H groups in total. The third-order valence-corrected chi connectivity index (χ3v) is 3.77. The van der Waals surface area contributed by atoms with Crippen LogP contribution in [0.15, 0.2) is 0 Å². The summed E-state index contributed by atoms with van der Waals surface area (Å²) in [7, 11) is 0. The van der Waals surface area contributed by atoms with Gasteiger partial charge in [0.2, 0.25) is 0 Å². The van der Waals surface area contributed by atoms with Crippen molar-refractivity contribution in [3.63, 3.8) is 0 Å². The lowest BCUT2D eigenvalue weighted by Crippen LogP contribution is -2.49. The average molecular weight is 241 g/mol. The number of hydrogen-bond acceptors (Lipinski definition) is 4. The van der Waals surface area contributed by atoms with Crippen molar-refractivity contribution in [1.82, 2.24) is 4.90 Å². The summed E-state index contributed by atoms with van der Waals surface area (Å²) in [5.41, 5.74) is 0. The number of imide groups is 1. The second-order valence-electron chi connectivity index (χ2n) is 4.88. The van der Waals surface area contributed by atoms with E-state index in [1.54, 1.807) is 0 Å². The summed E-state index contributed by atoms with van der Waals surface area (Å²) in [5, 5.41) is 9.31. The van der Waals surface area contributed by atoms with E-state index >= 15 is 0 Å². The normalized spacial score (nSPS) is 30.8. The smallest absolute Gasteiger partial charge is 0.255 e. The molecule has 2 amide bonds. The molecule has 1 heterocycles. The van der Waals surface area contributed by atoms with E-state index in [-0.39, 0.29) is 43.5 Å². The van der Waals surface area contributed by atoms with E-state index in [0.29, 0.717) is 6.54 Å². The minimum Gasteiger partial charge on any atom is -0.396 e. The van der Waals surface area contributed by atoms with Crippen molar-refractivity contribution in [2.24, 2.45) is 11.8 Å². The zero-order valence-corrected chi connectivity index (χ0v) is 9.93. The molecule has 2 fully saturated rings. The number of morpholine rings is 1. The van der Waals surface area contributed by atoms with Crippen LogP contribution in [0.1, 0.15) is 25.7 Å². The first kappa shape index (κ1) is 12.5. The van der Waals surface area contributed by atoms with Gasteiger partial charge in [-0.15, -0.1) is 0 Å². The van der Waals surface area contributed by atoms with Gasteiger partial charge in [-0.2, -0.15) is 0 Å². The first-order chi connectivity index (χ1) is 8.22. The Morgan fingerprint density at radius 2 is 1.71 bits per heavy atom. The van der Waals surface area contributed by atoms with E-state index in [1.165, 1.54) is 4.90 Å². The molecule has 1 saturated carbocycles. The number of hydrogen-bond donors (Lipinski definition) is 1. The van der Waals surface area contributed by atoms with Gasteiger partial charge in [-0.25, -0.2) is 0 Å². The summed E-state index contributed by atoms with van der Waals surface area (Å²) in [6, 6.07) is 0. The number of aliphatic hydroxyl groups excluding tert-OH is 1. The summed E-state index contributed by atoms with van der Waals surface area (Å²) < 4.78 is 4.88. The van der Waals surface area contributed by atoms with Crippen molar-refractivity contribution in [2.75, 3.05) is 26.4 Å². The van der Waals surface area contributed by atoms with Crippen molar-refractivity contribution >= 4 is 11.8 Å². The van der Waals surface area contributed by atoms with Crippen LogP contribution >= 0.6 is 0 Å². The van der Waals surface area contributed by atoms with Crippen molar-refractivity contribution in [3.8, 4) is 0 Å². The molecular weight excluding hydrogens is 222 g/mol. The number of nitrogens with zero attached hydrogens (tertiary/aromatic N) is 1. The van der Waals surface area contributed by atoms with Crippen LogP contribution in [0.3, 0.4) is 0 Å². The van der Waals surface area contributed by atoms with E-state index in [0.717, 1.165) is 25.7 Å². The summed E-state index contributed by atoms with van der Waals surface area (Å²) in [6.07, 6.45) is 4.23. The summed E-state index contributed by atoms with van der Waals surface area (Å²) >= 11 is 0. The minimum absolute atomic E-state index is 0.00223. The molecule has 2 unspecified atom stereocenters. The number of carbonyl (C=O) groups is 2. The molecule has 0 aromatic rings. The Morgan fingerprint density at radius 1 is 1.12 bits per heavy atom. The average Bonchev–Trinajstić information content (AvgIpc) is 2.34. The number of aliphatic hydroxyl groups is 1. The molecule has 2 atom stereocenters. The van der Waals surface area contributed by atoms with Crippen LogP contribution in [0.25, 0.3) is 0 Å². The summed E-state index contributed by atoms with van der Waals surface area (Å²) in [4.78, 5) is 24.5. The van der Waals surface area contributed by atoms with Gasteiger partial charge in [-0.3, -0.25) is 14.5 Å². The fourth-order valence-corrected chi connectivity index (χ4v) is 2.72. The predicted octanol–water partition coefficient (Wildman–Crippen LogP) is 0.170. The second-order valence-corrected chi connectivity index (χ2v) is 4.88. The largest absolute Gasteiger partial charge is 0.396 e. The van der Waals surface area contributed by atoms with Gasteiger partial charge in [0.05, 0.1) is 0 Å². The lowest BCUT2D eigenvalue weighted by atomic mass is 9.79. The SMILES string of the molecule is O=C1COCC(=O)N1CC1CCCCC1CO. The van der Waals surface area contributed by atoms with Crippen molar-refractivity contribution < 1.29 is 19.4 Å². The molecule has 0 aromatic heterocycles. The van der Waals surface area contributed by atoms with Gasteiger partial charge >= 0.3 is 0 Å². The lowest BCUT2D eigenvalue weighted by Gasteiger charge is -2.35. The quantitative estimate of drug-likeness (QED) is 0.715. The van der Waals surface area contributed by atoms with Crippen molar-refractivity contribution in [1.29, 1.82) is 0 Å². The highest BCUT2D eigenvalue weighted by Crippen LogP contribution is 2.30. The van der Waals surface area contributed by atoms with Gasteiger partial charge in [-0.1, -0.05) is 12.8 Å². The Kier molecular flexibility index (Phi) is 4.12. The predicted molar refractivity (Wildman–Crippen MR) is 60.1 cm³/mol. The topological polar surface area (TPSA) is 66.8 Å². The Bertz CT molecular complexity index is 289. The van der Waals surface area contributed by atoms with E-state index < -0.39 is 0 Å². The van der Waals surface area contributed by atoms with Gasteiger partial charge in [-0.05, 0) is 24.7 Å².